The lowest BCUT2D eigenvalue weighted by atomic mass is 10.1. The average Bonchev–Trinajstić information content (AvgIpc) is 3.06. The molecule has 1 aromatic heterocycles. The Bertz CT molecular complexity index is 698. The number of hydrogen-bond donors (Lipinski definition) is 1. The first-order chi connectivity index (χ1) is 10.5. The number of halogens is 1. The molecule has 2 atom stereocenters. The molecule has 1 aromatic carbocycles. The van der Waals surface area contributed by atoms with Crippen molar-refractivity contribution in [2.24, 2.45) is 0 Å². The molecule has 0 radical (unpaired) electrons. The van der Waals surface area contributed by atoms with Gasteiger partial charge in [-0.1, -0.05) is 6.07 Å². The summed E-state index contributed by atoms with van der Waals surface area (Å²) < 4.78 is 20.3. The highest BCUT2D eigenvalue weighted by atomic mass is 19.1. The maximum Gasteiger partial charge on any atom is 0.255 e. The second kappa shape index (κ2) is 5.88. The largest absolute Gasteiger partial charge is 0.376 e. The van der Waals surface area contributed by atoms with Gasteiger partial charge in [0.2, 0.25) is 0 Å². The van der Waals surface area contributed by atoms with Crippen molar-refractivity contribution in [1.82, 2.24) is 15.1 Å². The van der Waals surface area contributed by atoms with E-state index in [1.165, 1.54) is 16.8 Å². The lowest BCUT2D eigenvalue weighted by Gasteiger charge is -2.15. The Morgan fingerprint density at radius 1 is 1.50 bits per heavy atom. The Labute approximate surface area is 128 Å². The van der Waals surface area contributed by atoms with Crippen molar-refractivity contribution in [2.45, 2.75) is 32.4 Å². The number of rotatable bonds is 3. The smallest absolute Gasteiger partial charge is 0.255 e. The molecule has 2 unspecified atom stereocenters. The van der Waals surface area contributed by atoms with Gasteiger partial charge in [0.1, 0.15) is 5.82 Å². The number of carbonyl (C=O) groups excluding carboxylic acids is 1. The topological polar surface area (TPSA) is 56.2 Å². The van der Waals surface area contributed by atoms with E-state index < -0.39 is 0 Å². The maximum atomic E-state index is 13.3. The maximum absolute atomic E-state index is 13.3. The van der Waals surface area contributed by atoms with Crippen LogP contribution in [-0.4, -0.2) is 34.4 Å². The summed E-state index contributed by atoms with van der Waals surface area (Å²) in [7, 11) is 0. The minimum Gasteiger partial charge on any atom is -0.376 e. The summed E-state index contributed by atoms with van der Waals surface area (Å²) in [5.41, 5.74) is 1.68. The third-order valence-corrected chi connectivity index (χ3v) is 3.91. The summed E-state index contributed by atoms with van der Waals surface area (Å²) in [6.07, 6.45) is 2.45. The summed E-state index contributed by atoms with van der Waals surface area (Å²) in [5, 5.41) is 7.27. The average molecular weight is 303 g/mol. The van der Waals surface area contributed by atoms with Crippen LogP contribution in [0.5, 0.6) is 0 Å². The molecule has 1 amide bonds. The molecule has 0 aliphatic carbocycles. The molecule has 1 N–H and O–H groups in total. The highest BCUT2D eigenvalue weighted by molar-refractivity contribution is 5.95. The molecule has 0 saturated carbocycles. The molecule has 1 aliphatic rings. The van der Waals surface area contributed by atoms with E-state index >= 15 is 0 Å². The van der Waals surface area contributed by atoms with Gasteiger partial charge < -0.3 is 10.1 Å². The highest BCUT2D eigenvalue weighted by Gasteiger charge is 2.27. The molecule has 0 bridgehead atoms. The number of ether oxygens (including phenoxy) is 1. The molecule has 1 saturated heterocycles. The molecular formula is C16H18FN3O2. The van der Waals surface area contributed by atoms with E-state index in [4.69, 9.17) is 4.74 Å². The Hall–Kier alpha value is -2.21. The number of hydrogen-bond acceptors (Lipinski definition) is 3. The van der Waals surface area contributed by atoms with Crippen LogP contribution in [0.15, 0.2) is 30.5 Å². The quantitative estimate of drug-likeness (QED) is 0.946. The second-order valence-electron chi connectivity index (χ2n) is 5.50. The molecule has 3 rings (SSSR count). The Kier molecular flexibility index (Phi) is 3.94. The van der Waals surface area contributed by atoms with E-state index in [1.54, 1.807) is 25.3 Å². The van der Waals surface area contributed by atoms with Gasteiger partial charge in [-0.05, 0) is 38.5 Å². The molecule has 22 heavy (non-hydrogen) atoms. The number of nitrogens with one attached hydrogen (secondary N) is 1. The summed E-state index contributed by atoms with van der Waals surface area (Å²) >= 11 is 0. The van der Waals surface area contributed by atoms with Crippen molar-refractivity contribution in [3.63, 3.8) is 0 Å². The van der Waals surface area contributed by atoms with Crippen LogP contribution in [0.3, 0.4) is 0 Å². The molecule has 116 valence electrons. The van der Waals surface area contributed by atoms with Crippen LogP contribution >= 0.6 is 0 Å². The fourth-order valence-electron chi connectivity index (χ4n) is 2.60. The SMILES string of the molecule is Cc1nn(-c2cccc(F)c2)cc1C(=O)NC1CCOC1C. The third-order valence-electron chi connectivity index (χ3n) is 3.91. The molecular weight excluding hydrogens is 285 g/mol. The van der Waals surface area contributed by atoms with E-state index in [1.807, 2.05) is 6.92 Å². The first kappa shape index (κ1) is 14.7. The lowest BCUT2D eigenvalue weighted by Crippen LogP contribution is -2.39. The van der Waals surface area contributed by atoms with E-state index in [0.29, 0.717) is 23.6 Å². The second-order valence-corrected chi connectivity index (χ2v) is 5.50. The van der Waals surface area contributed by atoms with Crippen LogP contribution in [0.2, 0.25) is 0 Å². The normalized spacial score (nSPS) is 21.0. The number of nitrogens with zero attached hydrogens (tertiary/aromatic N) is 2. The zero-order valence-corrected chi connectivity index (χ0v) is 12.5. The minimum absolute atomic E-state index is 0.0162. The van der Waals surface area contributed by atoms with E-state index in [9.17, 15) is 9.18 Å². The number of aromatic nitrogens is 2. The number of amides is 1. The summed E-state index contributed by atoms with van der Waals surface area (Å²) in [6.45, 7) is 4.37. The van der Waals surface area contributed by atoms with E-state index in [0.717, 1.165) is 6.42 Å². The van der Waals surface area contributed by atoms with Gasteiger partial charge >= 0.3 is 0 Å². The van der Waals surface area contributed by atoms with Gasteiger partial charge in [0.25, 0.3) is 5.91 Å². The van der Waals surface area contributed by atoms with Crippen molar-refractivity contribution >= 4 is 5.91 Å². The summed E-state index contributed by atoms with van der Waals surface area (Å²) in [5.74, 6) is -0.518. The van der Waals surface area contributed by atoms with E-state index in [2.05, 4.69) is 10.4 Å². The lowest BCUT2D eigenvalue weighted by molar-refractivity contribution is 0.0865. The molecule has 6 heteroatoms. The van der Waals surface area contributed by atoms with Crippen LogP contribution in [0, 0.1) is 12.7 Å². The van der Waals surface area contributed by atoms with Crippen molar-refractivity contribution in [1.29, 1.82) is 0 Å². The van der Waals surface area contributed by atoms with Crippen LogP contribution in [0.4, 0.5) is 4.39 Å². The van der Waals surface area contributed by atoms with Gasteiger partial charge in [-0.3, -0.25) is 4.79 Å². The van der Waals surface area contributed by atoms with Crippen molar-refractivity contribution in [3.8, 4) is 5.69 Å². The van der Waals surface area contributed by atoms with Crippen LogP contribution in [-0.2, 0) is 4.74 Å². The molecule has 5 nitrogen and oxygen atoms in total. The van der Waals surface area contributed by atoms with Crippen LogP contribution in [0.25, 0.3) is 5.69 Å². The zero-order chi connectivity index (χ0) is 15.7. The first-order valence-electron chi connectivity index (χ1n) is 7.29. The predicted octanol–water partition coefficient (Wildman–Crippen LogP) is 2.23. The van der Waals surface area contributed by atoms with E-state index in [-0.39, 0.29) is 23.9 Å². The Balaban J connectivity index is 1.81. The third kappa shape index (κ3) is 2.87. The highest BCUT2D eigenvalue weighted by Crippen LogP contribution is 2.16. The summed E-state index contributed by atoms with van der Waals surface area (Å²) in [6, 6.07) is 6.11. The van der Waals surface area contributed by atoms with Gasteiger partial charge in [-0.2, -0.15) is 5.10 Å². The van der Waals surface area contributed by atoms with Crippen LogP contribution < -0.4 is 5.32 Å². The zero-order valence-electron chi connectivity index (χ0n) is 12.5. The number of aryl methyl sites for hydroxylation is 1. The van der Waals surface area contributed by atoms with Gasteiger partial charge in [-0.25, -0.2) is 9.07 Å². The minimum atomic E-state index is -0.339. The van der Waals surface area contributed by atoms with Gasteiger partial charge in [-0.15, -0.1) is 0 Å². The van der Waals surface area contributed by atoms with Gasteiger partial charge in [0.15, 0.2) is 0 Å². The predicted molar refractivity (Wildman–Crippen MR) is 79.5 cm³/mol. The van der Waals surface area contributed by atoms with Crippen molar-refractivity contribution < 1.29 is 13.9 Å². The molecule has 1 fully saturated rings. The molecule has 2 aromatic rings. The van der Waals surface area contributed by atoms with Crippen LogP contribution in [0.1, 0.15) is 29.4 Å². The Morgan fingerprint density at radius 2 is 2.32 bits per heavy atom. The molecule has 0 spiro atoms. The Morgan fingerprint density at radius 3 is 3.00 bits per heavy atom. The first-order valence-corrected chi connectivity index (χ1v) is 7.29. The number of carbonyl (C=O) groups is 1. The van der Waals surface area contributed by atoms with Gasteiger partial charge in [0.05, 0.1) is 29.1 Å². The van der Waals surface area contributed by atoms with Gasteiger partial charge in [0, 0.05) is 12.8 Å². The monoisotopic (exact) mass is 303 g/mol. The standard InChI is InChI=1S/C16H18FN3O2/c1-10-14(16(21)18-15-6-7-22-11(15)2)9-20(19-10)13-5-3-4-12(17)8-13/h3-5,8-9,11,15H,6-7H2,1-2H3,(H,18,21). The summed E-state index contributed by atoms with van der Waals surface area (Å²) in [4.78, 5) is 12.4. The fourth-order valence-corrected chi connectivity index (χ4v) is 2.60. The van der Waals surface area contributed by atoms with Crippen molar-refractivity contribution in [3.05, 3.63) is 47.5 Å². The fraction of sp³-hybridized carbons (Fsp3) is 0.375. The van der Waals surface area contributed by atoms with Crippen molar-refractivity contribution in [2.75, 3.05) is 6.61 Å². The number of benzene rings is 1. The molecule has 1 aliphatic heterocycles. The molecule has 2 heterocycles.